The van der Waals surface area contributed by atoms with Crippen molar-refractivity contribution >= 4 is 59.4 Å². The first kappa shape index (κ1) is 18.5. The highest BCUT2D eigenvalue weighted by Gasteiger charge is 2.05. The van der Waals surface area contributed by atoms with Crippen LogP contribution in [-0.4, -0.2) is 23.7 Å². The van der Waals surface area contributed by atoms with Gasteiger partial charge in [-0.3, -0.25) is 5.41 Å². The second kappa shape index (κ2) is 9.39. The lowest BCUT2D eigenvalue weighted by molar-refractivity contribution is 0.426. The van der Waals surface area contributed by atoms with Crippen LogP contribution in [0.25, 0.3) is 0 Å². The van der Waals surface area contributed by atoms with Crippen molar-refractivity contribution in [1.82, 2.24) is 5.01 Å². The van der Waals surface area contributed by atoms with Crippen molar-refractivity contribution in [1.29, 1.82) is 5.41 Å². The number of halogens is 3. The molecule has 0 saturated carbocycles. The summed E-state index contributed by atoms with van der Waals surface area (Å²) in [4.78, 5) is 0. The van der Waals surface area contributed by atoms with Gasteiger partial charge in [-0.25, -0.2) is 5.01 Å². The molecule has 0 aliphatic carbocycles. The molecule has 0 aliphatic rings. The van der Waals surface area contributed by atoms with Crippen molar-refractivity contribution in [3.8, 4) is 0 Å². The summed E-state index contributed by atoms with van der Waals surface area (Å²) in [5.41, 5.74) is 6.08. The van der Waals surface area contributed by atoms with Gasteiger partial charge in [0.05, 0.1) is 16.3 Å². The highest BCUT2D eigenvalue weighted by Crippen LogP contribution is 2.22. The first-order chi connectivity index (χ1) is 8.56. The molecule has 106 valence electrons. The Morgan fingerprint density at radius 1 is 1.42 bits per heavy atom. The van der Waals surface area contributed by atoms with Crippen LogP contribution >= 0.6 is 47.2 Å². The predicted molar refractivity (Wildman–Crippen MR) is 93.0 cm³/mol. The molecule has 19 heavy (non-hydrogen) atoms. The molecule has 0 bridgehead atoms. The van der Waals surface area contributed by atoms with Gasteiger partial charge in [-0.15, -0.1) is 24.0 Å². The topological polar surface area (TPSA) is 65.5 Å². The number of nitrogens with zero attached hydrogens (tertiary/aromatic N) is 2. The van der Waals surface area contributed by atoms with E-state index in [-0.39, 0.29) is 29.9 Å². The van der Waals surface area contributed by atoms with E-state index in [4.69, 9.17) is 34.3 Å². The number of hydrogen-bond donors (Lipinski definition) is 2. The van der Waals surface area contributed by atoms with Gasteiger partial charge in [0.2, 0.25) is 5.96 Å². The fraction of sp³-hybridized carbons (Fsp3) is 0.333. The number of nitrogens with two attached hydrogens (primary N) is 1. The molecule has 7 heteroatoms. The maximum Gasteiger partial charge on any atom is 0.209 e. The van der Waals surface area contributed by atoms with Crippen molar-refractivity contribution < 1.29 is 0 Å². The lowest BCUT2D eigenvalue weighted by Crippen LogP contribution is -2.33. The molecule has 4 nitrogen and oxygen atoms in total. The fourth-order valence-corrected chi connectivity index (χ4v) is 1.80. The van der Waals surface area contributed by atoms with E-state index in [9.17, 15) is 0 Å². The summed E-state index contributed by atoms with van der Waals surface area (Å²) in [6.45, 7) is 2.66. The Labute approximate surface area is 140 Å². The number of hydrazone groups is 1. The monoisotopic (exact) mass is 414 g/mol. The van der Waals surface area contributed by atoms with E-state index in [1.54, 1.807) is 18.2 Å². The van der Waals surface area contributed by atoms with Crippen LogP contribution in [0.1, 0.15) is 25.3 Å². The summed E-state index contributed by atoms with van der Waals surface area (Å²) < 4.78 is 0. The van der Waals surface area contributed by atoms with Gasteiger partial charge in [0.1, 0.15) is 0 Å². The average molecular weight is 415 g/mol. The highest BCUT2D eigenvalue weighted by molar-refractivity contribution is 14.0. The SMILES string of the molecule is CCCCN(/N=C/c1c(Cl)cccc1Cl)C(=N)N.I. The molecule has 1 aromatic rings. The number of guanidine groups is 1. The van der Waals surface area contributed by atoms with Gasteiger partial charge in [-0.1, -0.05) is 42.6 Å². The van der Waals surface area contributed by atoms with Crippen molar-refractivity contribution in [2.45, 2.75) is 19.8 Å². The van der Waals surface area contributed by atoms with Crippen molar-refractivity contribution in [2.75, 3.05) is 6.54 Å². The molecule has 0 fully saturated rings. The number of hydrogen-bond acceptors (Lipinski definition) is 2. The third kappa shape index (κ3) is 5.97. The van der Waals surface area contributed by atoms with E-state index in [1.807, 2.05) is 0 Å². The van der Waals surface area contributed by atoms with Crippen LogP contribution in [0.4, 0.5) is 0 Å². The Morgan fingerprint density at radius 3 is 2.47 bits per heavy atom. The summed E-state index contributed by atoms with van der Waals surface area (Å²) in [5.74, 6) is -0.0946. The van der Waals surface area contributed by atoms with Crippen LogP contribution in [0.5, 0.6) is 0 Å². The molecule has 0 atom stereocenters. The first-order valence-corrected chi connectivity index (χ1v) is 6.41. The number of rotatable bonds is 5. The van der Waals surface area contributed by atoms with Crippen LogP contribution in [-0.2, 0) is 0 Å². The predicted octanol–water partition coefficient (Wildman–Crippen LogP) is 3.94. The lowest BCUT2D eigenvalue weighted by atomic mass is 10.2. The van der Waals surface area contributed by atoms with E-state index in [0.717, 1.165) is 12.8 Å². The van der Waals surface area contributed by atoms with E-state index >= 15 is 0 Å². The smallest absolute Gasteiger partial charge is 0.209 e. The van der Waals surface area contributed by atoms with Gasteiger partial charge >= 0.3 is 0 Å². The molecule has 0 radical (unpaired) electrons. The van der Waals surface area contributed by atoms with Crippen molar-refractivity contribution in [2.24, 2.45) is 10.8 Å². The van der Waals surface area contributed by atoms with Gasteiger partial charge in [0.25, 0.3) is 0 Å². The highest BCUT2D eigenvalue weighted by atomic mass is 127. The van der Waals surface area contributed by atoms with Crippen LogP contribution in [0.2, 0.25) is 10.0 Å². The Morgan fingerprint density at radius 2 is 2.00 bits per heavy atom. The Kier molecular flexibility index (Phi) is 9.12. The van der Waals surface area contributed by atoms with Gasteiger partial charge in [0, 0.05) is 12.1 Å². The van der Waals surface area contributed by atoms with Gasteiger partial charge in [0.15, 0.2) is 0 Å². The van der Waals surface area contributed by atoms with Gasteiger partial charge in [-0.05, 0) is 18.6 Å². The standard InChI is InChI=1S/C12H16Cl2N4.HI/c1-2-3-7-18(12(15)16)17-8-9-10(13)5-4-6-11(9)14;/h4-6,8H,2-3,7H2,1H3,(H3,15,16);1H/b17-8+;. The average Bonchev–Trinajstić information content (AvgIpc) is 2.31. The zero-order chi connectivity index (χ0) is 13.5. The molecule has 0 unspecified atom stereocenters. The minimum absolute atomic E-state index is 0. The summed E-state index contributed by atoms with van der Waals surface area (Å²) in [6.07, 6.45) is 3.45. The molecule has 0 heterocycles. The second-order valence-electron chi connectivity index (χ2n) is 3.74. The number of nitrogens with one attached hydrogen (secondary N) is 1. The molecule has 1 rings (SSSR count). The summed E-state index contributed by atoms with van der Waals surface area (Å²) in [7, 11) is 0. The van der Waals surface area contributed by atoms with Crippen LogP contribution < -0.4 is 5.73 Å². The maximum absolute atomic E-state index is 7.43. The Hall–Kier alpha value is -0.530. The largest absolute Gasteiger partial charge is 0.369 e. The van der Waals surface area contributed by atoms with E-state index in [1.165, 1.54) is 11.2 Å². The van der Waals surface area contributed by atoms with E-state index in [2.05, 4.69) is 12.0 Å². The minimum Gasteiger partial charge on any atom is -0.369 e. The third-order valence-corrected chi connectivity index (χ3v) is 2.99. The fourth-order valence-electron chi connectivity index (χ4n) is 1.31. The van der Waals surface area contributed by atoms with E-state index in [0.29, 0.717) is 22.2 Å². The van der Waals surface area contributed by atoms with Gasteiger partial charge < -0.3 is 5.73 Å². The molecule has 0 saturated heterocycles. The van der Waals surface area contributed by atoms with Crippen LogP contribution in [0.3, 0.4) is 0 Å². The first-order valence-electron chi connectivity index (χ1n) is 5.65. The van der Waals surface area contributed by atoms with Crippen molar-refractivity contribution in [3.05, 3.63) is 33.8 Å². The number of unbranched alkanes of at least 4 members (excludes halogenated alkanes) is 1. The normalized spacial score (nSPS) is 10.3. The zero-order valence-corrected chi connectivity index (χ0v) is 14.4. The van der Waals surface area contributed by atoms with E-state index < -0.39 is 0 Å². The maximum atomic E-state index is 7.43. The molecule has 0 amide bonds. The zero-order valence-electron chi connectivity index (χ0n) is 10.6. The molecule has 0 aliphatic heterocycles. The minimum atomic E-state index is -0.0946. The molecular weight excluding hydrogens is 398 g/mol. The molecule has 0 spiro atoms. The second-order valence-corrected chi connectivity index (χ2v) is 4.56. The number of benzene rings is 1. The van der Waals surface area contributed by atoms with Crippen LogP contribution in [0, 0.1) is 5.41 Å². The Balaban J connectivity index is 0.00000324. The lowest BCUT2D eigenvalue weighted by Gasteiger charge is -2.16. The third-order valence-electron chi connectivity index (χ3n) is 2.33. The molecular formula is C12H17Cl2IN4. The Bertz CT molecular complexity index is 431. The molecule has 3 N–H and O–H groups in total. The quantitative estimate of drug-likeness (QED) is 0.331. The summed E-state index contributed by atoms with van der Waals surface area (Å²) >= 11 is 12.0. The molecule has 1 aromatic carbocycles. The summed E-state index contributed by atoms with van der Waals surface area (Å²) in [5, 5.41) is 14.0. The van der Waals surface area contributed by atoms with Gasteiger partial charge in [-0.2, -0.15) is 5.10 Å². The van der Waals surface area contributed by atoms with Crippen LogP contribution in [0.15, 0.2) is 23.3 Å². The molecule has 0 aromatic heterocycles. The van der Waals surface area contributed by atoms with Crippen molar-refractivity contribution in [3.63, 3.8) is 0 Å². The summed E-state index contributed by atoms with van der Waals surface area (Å²) in [6, 6.07) is 5.24.